The molecule has 0 saturated carbocycles. The highest BCUT2D eigenvalue weighted by molar-refractivity contribution is 7.14. The Morgan fingerprint density at radius 2 is 1.81 bits per heavy atom. The molecule has 0 radical (unpaired) electrons. The van der Waals surface area contributed by atoms with Gasteiger partial charge in [-0.1, -0.05) is 13.8 Å². The summed E-state index contributed by atoms with van der Waals surface area (Å²) < 4.78 is 0. The van der Waals surface area contributed by atoms with Crippen LogP contribution in [-0.2, 0) is 0 Å². The Morgan fingerprint density at radius 1 is 1.11 bits per heavy atom. The first-order valence-electron chi connectivity index (χ1n) is 10.4. The van der Waals surface area contributed by atoms with E-state index in [1.807, 2.05) is 18.4 Å². The third kappa shape index (κ3) is 5.83. The van der Waals surface area contributed by atoms with Crippen LogP contribution in [-0.4, -0.2) is 99.7 Å². The standard InChI is InChI=1S/C20H36N6S/c1-4-23-7-9-24(10-8-23)17-18(2)16-22-20(21-3)26-13-11-25(12-14-26)19-6-5-15-27-19/h5-6,15,18H,4,7-14,16-17H2,1-3H3,(H,21,22). The molecule has 3 rings (SSSR count). The number of thiophene rings is 1. The zero-order valence-electron chi connectivity index (χ0n) is 17.2. The molecule has 1 N–H and O–H groups in total. The molecule has 0 aliphatic carbocycles. The largest absolute Gasteiger partial charge is 0.360 e. The fourth-order valence-electron chi connectivity index (χ4n) is 3.98. The van der Waals surface area contributed by atoms with Crippen molar-refractivity contribution < 1.29 is 0 Å². The quantitative estimate of drug-likeness (QED) is 0.589. The third-order valence-electron chi connectivity index (χ3n) is 5.70. The van der Waals surface area contributed by atoms with Gasteiger partial charge < -0.3 is 24.9 Å². The second-order valence-corrected chi connectivity index (χ2v) is 8.62. The minimum absolute atomic E-state index is 0.627. The van der Waals surface area contributed by atoms with E-state index in [0.717, 1.165) is 38.7 Å². The van der Waals surface area contributed by atoms with Gasteiger partial charge in [-0.2, -0.15) is 0 Å². The highest BCUT2D eigenvalue weighted by Gasteiger charge is 2.21. The summed E-state index contributed by atoms with van der Waals surface area (Å²) in [5.74, 6) is 1.69. The molecule has 152 valence electrons. The summed E-state index contributed by atoms with van der Waals surface area (Å²) in [5, 5.41) is 7.16. The molecule has 27 heavy (non-hydrogen) atoms. The fraction of sp³-hybridized carbons (Fsp3) is 0.750. The van der Waals surface area contributed by atoms with E-state index in [1.54, 1.807) is 0 Å². The number of piperazine rings is 2. The second kappa shape index (κ2) is 10.3. The van der Waals surface area contributed by atoms with Crippen LogP contribution >= 0.6 is 11.3 Å². The minimum atomic E-state index is 0.627. The van der Waals surface area contributed by atoms with Crippen LogP contribution < -0.4 is 10.2 Å². The van der Waals surface area contributed by atoms with Gasteiger partial charge in [-0.15, -0.1) is 11.3 Å². The van der Waals surface area contributed by atoms with Gasteiger partial charge in [-0.3, -0.25) is 4.99 Å². The van der Waals surface area contributed by atoms with Crippen molar-refractivity contribution in [2.75, 3.05) is 83.9 Å². The van der Waals surface area contributed by atoms with Crippen LogP contribution in [0.4, 0.5) is 5.00 Å². The van der Waals surface area contributed by atoms with E-state index in [4.69, 9.17) is 0 Å². The fourth-order valence-corrected chi connectivity index (χ4v) is 4.77. The molecule has 2 aliphatic rings. The summed E-state index contributed by atoms with van der Waals surface area (Å²) >= 11 is 1.83. The van der Waals surface area contributed by atoms with E-state index in [-0.39, 0.29) is 0 Å². The Balaban J connectivity index is 1.38. The minimum Gasteiger partial charge on any atom is -0.360 e. The third-order valence-corrected chi connectivity index (χ3v) is 6.63. The number of guanidine groups is 1. The SMILES string of the molecule is CCN1CCN(CC(C)CNC(=NC)N2CCN(c3cccs3)CC2)CC1. The van der Waals surface area contributed by atoms with E-state index in [2.05, 4.69) is 61.3 Å². The molecular weight excluding hydrogens is 356 g/mol. The molecule has 0 aromatic carbocycles. The van der Waals surface area contributed by atoms with Crippen molar-refractivity contribution in [2.45, 2.75) is 13.8 Å². The van der Waals surface area contributed by atoms with Gasteiger partial charge in [0.25, 0.3) is 0 Å². The smallest absolute Gasteiger partial charge is 0.193 e. The number of rotatable bonds is 6. The van der Waals surface area contributed by atoms with Gasteiger partial charge in [0, 0.05) is 72.5 Å². The van der Waals surface area contributed by atoms with Crippen molar-refractivity contribution in [3.8, 4) is 0 Å². The molecule has 2 aliphatic heterocycles. The Labute approximate surface area is 168 Å². The zero-order valence-corrected chi connectivity index (χ0v) is 18.0. The highest BCUT2D eigenvalue weighted by Crippen LogP contribution is 2.22. The lowest BCUT2D eigenvalue weighted by Crippen LogP contribution is -2.53. The molecule has 0 bridgehead atoms. The number of aliphatic imine (C=N–C) groups is 1. The summed E-state index contributed by atoms with van der Waals surface area (Å²) in [7, 11) is 1.91. The van der Waals surface area contributed by atoms with E-state index in [1.165, 1.54) is 44.3 Å². The van der Waals surface area contributed by atoms with E-state index >= 15 is 0 Å². The summed E-state index contributed by atoms with van der Waals surface area (Å²) in [4.78, 5) is 14.6. The van der Waals surface area contributed by atoms with Crippen molar-refractivity contribution in [1.29, 1.82) is 0 Å². The summed E-state index contributed by atoms with van der Waals surface area (Å²) in [5.41, 5.74) is 0. The number of nitrogens with zero attached hydrogens (tertiary/aromatic N) is 5. The number of anilines is 1. The average molecular weight is 393 g/mol. The molecule has 3 heterocycles. The highest BCUT2D eigenvalue weighted by atomic mass is 32.1. The van der Waals surface area contributed by atoms with Crippen LogP contribution in [0.1, 0.15) is 13.8 Å². The normalized spacial score (nSPS) is 21.5. The maximum atomic E-state index is 4.53. The summed E-state index contributed by atoms with van der Waals surface area (Å²) in [6.45, 7) is 17.0. The number of hydrogen-bond acceptors (Lipinski definition) is 5. The Bertz CT molecular complexity index is 559. The van der Waals surface area contributed by atoms with E-state index < -0.39 is 0 Å². The van der Waals surface area contributed by atoms with Gasteiger partial charge >= 0.3 is 0 Å². The number of likely N-dealkylation sites (N-methyl/N-ethyl adjacent to an activating group) is 1. The van der Waals surface area contributed by atoms with Crippen LogP contribution in [0.25, 0.3) is 0 Å². The van der Waals surface area contributed by atoms with Crippen molar-refractivity contribution >= 4 is 22.3 Å². The first kappa shape index (κ1) is 20.4. The first-order valence-corrected chi connectivity index (χ1v) is 11.3. The molecule has 1 aromatic rings. The lowest BCUT2D eigenvalue weighted by molar-refractivity contribution is 0.124. The van der Waals surface area contributed by atoms with Crippen LogP contribution in [0, 0.1) is 5.92 Å². The lowest BCUT2D eigenvalue weighted by atomic mass is 10.1. The Hall–Kier alpha value is -1.31. The Kier molecular flexibility index (Phi) is 7.79. The Morgan fingerprint density at radius 3 is 2.41 bits per heavy atom. The van der Waals surface area contributed by atoms with Crippen molar-refractivity contribution in [1.82, 2.24) is 20.0 Å². The lowest BCUT2D eigenvalue weighted by Gasteiger charge is -2.38. The van der Waals surface area contributed by atoms with Crippen LogP contribution in [0.15, 0.2) is 22.5 Å². The molecule has 7 heteroatoms. The molecule has 2 fully saturated rings. The van der Waals surface area contributed by atoms with Gasteiger partial charge in [0.2, 0.25) is 0 Å². The van der Waals surface area contributed by atoms with Crippen molar-refractivity contribution in [3.63, 3.8) is 0 Å². The topological polar surface area (TPSA) is 37.4 Å². The zero-order chi connectivity index (χ0) is 19.1. The number of hydrogen-bond donors (Lipinski definition) is 1. The molecule has 6 nitrogen and oxygen atoms in total. The van der Waals surface area contributed by atoms with E-state index in [9.17, 15) is 0 Å². The first-order chi connectivity index (χ1) is 13.2. The molecular formula is C20H36N6S. The van der Waals surface area contributed by atoms with Gasteiger partial charge in [-0.05, 0) is 30.0 Å². The number of nitrogens with one attached hydrogen (secondary N) is 1. The van der Waals surface area contributed by atoms with Gasteiger partial charge in [0.1, 0.15) is 0 Å². The maximum Gasteiger partial charge on any atom is 0.193 e. The molecule has 0 amide bonds. The monoisotopic (exact) mass is 392 g/mol. The van der Waals surface area contributed by atoms with Crippen LogP contribution in [0.2, 0.25) is 0 Å². The molecule has 2 saturated heterocycles. The van der Waals surface area contributed by atoms with Crippen molar-refractivity contribution in [3.05, 3.63) is 17.5 Å². The van der Waals surface area contributed by atoms with Crippen molar-refractivity contribution in [2.24, 2.45) is 10.9 Å². The summed E-state index contributed by atoms with van der Waals surface area (Å²) in [6, 6.07) is 4.35. The van der Waals surface area contributed by atoms with Gasteiger partial charge in [0.05, 0.1) is 5.00 Å². The molecule has 1 atom stereocenters. The second-order valence-electron chi connectivity index (χ2n) is 7.69. The molecule has 1 aromatic heterocycles. The van der Waals surface area contributed by atoms with Crippen LogP contribution in [0.5, 0.6) is 0 Å². The van der Waals surface area contributed by atoms with Crippen LogP contribution in [0.3, 0.4) is 0 Å². The summed E-state index contributed by atoms with van der Waals surface area (Å²) in [6.07, 6.45) is 0. The molecule has 1 unspecified atom stereocenters. The van der Waals surface area contributed by atoms with E-state index in [0.29, 0.717) is 5.92 Å². The maximum absolute atomic E-state index is 4.53. The predicted octanol–water partition coefficient (Wildman–Crippen LogP) is 1.72. The average Bonchev–Trinajstić information content (AvgIpc) is 3.24. The van der Waals surface area contributed by atoms with Gasteiger partial charge in [-0.25, -0.2) is 0 Å². The molecule has 0 spiro atoms. The van der Waals surface area contributed by atoms with Gasteiger partial charge in [0.15, 0.2) is 5.96 Å². The predicted molar refractivity (Wildman–Crippen MR) is 117 cm³/mol.